The predicted octanol–water partition coefficient (Wildman–Crippen LogP) is 1.13. The van der Waals surface area contributed by atoms with E-state index < -0.39 is 67.8 Å². The quantitative estimate of drug-likeness (QED) is 0.231. The highest BCUT2D eigenvalue weighted by molar-refractivity contribution is 7.51. The molecule has 38 heavy (non-hydrogen) atoms. The van der Waals surface area contributed by atoms with E-state index in [1.165, 1.54) is 13.8 Å². The first-order valence-electron chi connectivity index (χ1n) is 12.0. The monoisotopic (exact) mass is 555 g/mol. The molecule has 0 saturated carbocycles. The molecule has 4 unspecified atom stereocenters. The second kappa shape index (κ2) is 12.0. The maximum Gasteiger partial charge on any atom is 0.406 e. The highest BCUT2D eigenvalue weighted by atomic mass is 31.2. The first kappa shape index (κ1) is 29.9. The topological polar surface area (TPSA) is 178 Å². The molecular weight excluding hydrogens is 521 g/mol. The number of H-pyrrole nitrogens is 1. The zero-order chi connectivity index (χ0) is 28.3. The number of hydrogen-bond acceptors (Lipinski definition) is 10. The fourth-order valence-corrected chi connectivity index (χ4v) is 5.28. The van der Waals surface area contributed by atoms with Crippen LogP contribution in [0.2, 0.25) is 0 Å². The molecule has 0 aliphatic carbocycles. The molecule has 0 radical (unpaired) electrons. The van der Waals surface area contributed by atoms with Crippen LogP contribution in [0.4, 0.5) is 0 Å². The Hall–Kier alpha value is -2.64. The molecule has 1 aliphatic rings. The smallest absolute Gasteiger partial charge is 0.406 e. The minimum atomic E-state index is -4.23. The summed E-state index contributed by atoms with van der Waals surface area (Å²) in [4.78, 5) is 38.0. The van der Waals surface area contributed by atoms with Gasteiger partial charge in [0.2, 0.25) is 0 Å². The molecule has 1 saturated heterocycles. The third-order valence-corrected chi connectivity index (χ3v) is 7.64. The first-order valence-corrected chi connectivity index (χ1v) is 13.6. The Balaban J connectivity index is 1.79. The summed E-state index contributed by atoms with van der Waals surface area (Å²) < 4.78 is 36.7. The number of aromatic nitrogens is 2. The van der Waals surface area contributed by atoms with E-state index in [1.807, 2.05) is 19.1 Å². The van der Waals surface area contributed by atoms with Gasteiger partial charge in [-0.05, 0) is 45.7 Å². The first-order chi connectivity index (χ1) is 17.7. The van der Waals surface area contributed by atoms with Crippen LogP contribution in [0.5, 0.6) is 0 Å². The van der Waals surface area contributed by atoms with Crippen molar-refractivity contribution in [2.75, 3.05) is 6.61 Å². The normalized spacial score (nSPS) is 25.7. The lowest BCUT2D eigenvalue weighted by molar-refractivity contribution is -0.149. The zero-order valence-corrected chi connectivity index (χ0v) is 22.7. The summed E-state index contributed by atoms with van der Waals surface area (Å²) >= 11 is 0. The standard InChI is InChI=1S/C24H34N3O10P/c1-14(2)36-21(30)16(4)26-38(33,34-12-17-9-7-6-8-15(17)3)35-13-18-20(29)24(5,32)22(37-18)27-11-10-19(28)25-23(27)31/h6-11,14,16,18,20,22,29,32H,12-13H2,1-5H3,(H,26,33)(H,25,28,31)/t16-,18?,20?,22?,24?,38-/m0/s1. The highest BCUT2D eigenvalue weighted by Gasteiger charge is 2.54. The van der Waals surface area contributed by atoms with Crippen LogP contribution in [-0.4, -0.2) is 62.3 Å². The lowest BCUT2D eigenvalue weighted by Crippen LogP contribution is -2.47. The number of aryl methyl sites for hydroxylation is 1. The third kappa shape index (κ3) is 7.06. The summed E-state index contributed by atoms with van der Waals surface area (Å²) in [7, 11) is -4.23. The SMILES string of the molecule is Cc1ccccc1CO[P@@](=O)(N[C@@H](C)C(=O)OC(C)C)OCC1OC(n2ccc(=O)[nH]c2=O)C(C)(O)C1O. The molecule has 2 heterocycles. The fourth-order valence-electron chi connectivity index (χ4n) is 3.82. The van der Waals surface area contributed by atoms with Crippen LogP contribution in [0.3, 0.4) is 0 Å². The lowest BCUT2D eigenvalue weighted by atomic mass is 9.96. The number of aromatic amines is 1. The number of aliphatic hydroxyl groups is 2. The van der Waals surface area contributed by atoms with Crippen LogP contribution in [0, 0.1) is 6.92 Å². The number of nitrogens with zero attached hydrogens (tertiary/aromatic N) is 1. The highest BCUT2D eigenvalue weighted by Crippen LogP contribution is 2.47. The molecule has 4 N–H and O–H groups in total. The molecule has 2 aromatic rings. The second-order valence-electron chi connectivity index (χ2n) is 9.54. The molecule has 6 atom stereocenters. The van der Waals surface area contributed by atoms with Gasteiger partial charge in [0.15, 0.2) is 6.23 Å². The number of carbonyl (C=O) groups is 1. The van der Waals surface area contributed by atoms with Crippen molar-refractivity contribution in [2.45, 2.75) is 77.4 Å². The minimum absolute atomic E-state index is 0.121. The maximum atomic E-state index is 13.7. The van der Waals surface area contributed by atoms with Crippen LogP contribution in [0.1, 0.15) is 45.0 Å². The van der Waals surface area contributed by atoms with Gasteiger partial charge in [0.25, 0.3) is 5.56 Å². The zero-order valence-electron chi connectivity index (χ0n) is 21.8. The molecule has 1 aromatic carbocycles. The summed E-state index contributed by atoms with van der Waals surface area (Å²) in [5, 5.41) is 24.2. The molecule has 210 valence electrons. The molecule has 1 aromatic heterocycles. The van der Waals surface area contributed by atoms with Crippen LogP contribution in [-0.2, 0) is 34.5 Å². The third-order valence-electron chi connectivity index (χ3n) is 5.98. The summed E-state index contributed by atoms with van der Waals surface area (Å²) in [6.07, 6.45) is -3.52. The van der Waals surface area contributed by atoms with Gasteiger partial charge in [-0.3, -0.25) is 28.2 Å². The Labute approximate surface area is 219 Å². The van der Waals surface area contributed by atoms with Crippen molar-refractivity contribution in [3.05, 3.63) is 68.5 Å². The second-order valence-corrected chi connectivity index (χ2v) is 11.3. The summed E-state index contributed by atoms with van der Waals surface area (Å²) in [5.74, 6) is -0.680. The fraction of sp³-hybridized carbons (Fsp3) is 0.542. The van der Waals surface area contributed by atoms with Crippen molar-refractivity contribution in [3.63, 3.8) is 0 Å². The average Bonchev–Trinajstić information content (AvgIpc) is 3.05. The van der Waals surface area contributed by atoms with E-state index in [4.69, 9.17) is 18.5 Å². The van der Waals surface area contributed by atoms with Crippen molar-refractivity contribution in [1.82, 2.24) is 14.6 Å². The number of esters is 1. The van der Waals surface area contributed by atoms with Gasteiger partial charge in [0.05, 0.1) is 19.3 Å². The Morgan fingerprint density at radius 3 is 2.55 bits per heavy atom. The van der Waals surface area contributed by atoms with Gasteiger partial charge in [-0.25, -0.2) is 14.4 Å². The van der Waals surface area contributed by atoms with Crippen LogP contribution < -0.4 is 16.3 Å². The van der Waals surface area contributed by atoms with E-state index in [1.54, 1.807) is 26.0 Å². The van der Waals surface area contributed by atoms with Crippen molar-refractivity contribution in [1.29, 1.82) is 0 Å². The van der Waals surface area contributed by atoms with Crippen molar-refractivity contribution >= 4 is 13.7 Å². The van der Waals surface area contributed by atoms with Gasteiger partial charge >= 0.3 is 19.4 Å². The molecule has 0 amide bonds. The van der Waals surface area contributed by atoms with Crippen LogP contribution in [0.15, 0.2) is 46.1 Å². The number of ether oxygens (including phenoxy) is 2. The van der Waals surface area contributed by atoms with Gasteiger partial charge in [-0.15, -0.1) is 0 Å². The van der Waals surface area contributed by atoms with E-state index in [-0.39, 0.29) is 6.61 Å². The Bertz CT molecular complexity index is 1290. The van der Waals surface area contributed by atoms with E-state index in [0.717, 1.165) is 28.0 Å². The van der Waals surface area contributed by atoms with Gasteiger partial charge in [-0.1, -0.05) is 24.3 Å². The number of hydrogen-bond donors (Lipinski definition) is 4. The minimum Gasteiger partial charge on any atom is -0.462 e. The van der Waals surface area contributed by atoms with E-state index >= 15 is 0 Å². The summed E-state index contributed by atoms with van der Waals surface area (Å²) in [5.41, 5.74) is -1.88. The number of benzene rings is 1. The van der Waals surface area contributed by atoms with E-state index in [0.29, 0.717) is 0 Å². The van der Waals surface area contributed by atoms with E-state index in [2.05, 4.69) is 10.1 Å². The molecular formula is C24H34N3O10P. The van der Waals surface area contributed by atoms with Crippen LogP contribution >= 0.6 is 7.75 Å². The van der Waals surface area contributed by atoms with Gasteiger partial charge in [-0.2, -0.15) is 0 Å². The Morgan fingerprint density at radius 2 is 1.92 bits per heavy atom. The largest absolute Gasteiger partial charge is 0.462 e. The van der Waals surface area contributed by atoms with E-state index in [9.17, 15) is 29.2 Å². The van der Waals surface area contributed by atoms with Gasteiger partial charge in [0.1, 0.15) is 23.9 Å². The van der Waals surface area contributed by atoms with Crippen LogP contribution in [0.25, 0.3) is 0 Å². The number of nitrogens with one attached hydrogen (secondary N) is 2. The molecule has 1 aliphatic heterocycles. The number of rotatable bonds is 11. The molecule has 0 spiro atoms. The predicted molar refractivity (Wildman–Crippen MR) is 135 cm³/mol. The number of carbonyl (C=O) groups excluding carboxylic acids is 1. The summed E-state index contributed by atoms with van der Waals surface area (Å²) in [6, 6.07) is 7.24. The van der Waals surface area contributed by atoms with Crippen molar-refractivity contribution in [2.24, 2.45) is 0 Å². The Morgan fingerprint density at radius 1 is 1.24 bits per heavy atom. The molecule has 3 rings (SSSR count). The molecule has 14 heteroatoms. The lowest BCUT2D eigenvalue weighted by Gasteiger charge is -2.27. The molecule has 13 nitrogen and oxygen atoms in total. The van der Waals surface area contributed by atoms with Gasteiger partial charge in [0, 0.05) is 12.3 Å². The Kier molecular flexibility index (Phi) is 9.48. The average molecular weight is 556 g/mol. The maximum absolute atomic E-state index is 13.7. The molecule has 0 bridgehead atoms. The molecule has 1 fully saturated rings. The summed E-state index contributed by atoms with van der Waals surface area (Å²) in [6.45, 7) is 7.21. The van der Waals surface area contributed by atoms with Gasteiger partial charge < -0.3 is 19.7 Å². The number of aliphatic hydroxyl groups excluding tert-OH is 1. The van der Waals surface area contributed by atoms with Crippen molar-refractivity contribution in [3.8, 4) is 0 Å². The van der Waals surface area contributed by atoms with Crippen molar-refractivity contribution < 1.29 is 38.1 Å².